The number of thiol groups is 2. The van der Waals surface area contributed by atoms with E-state index in [2.05, 4.69) is 53.4 Å². The summed E-state index contributed by atoms with van der Waals surface area (Å²) in [5.74, 6) is 0. The van der Waals surface area contributed by atoms with Crippen molar-refractivity contribution in [3.63, 3.8) is 0 Å². The molecule has 0 aliphatic rings. The van der Waals surface area contributed by atoms with E-state index in [4.69, 9.17) is 13.1 Å². The minimum Gasteiger partial charge on any atom is -0.237 e. The summed E-state index contributed by atoms with van der Waals surface area (Å²) in [7, 11) is 5.28. The molecule has 12 heteroatoms. The second-order valence-electron chi connectivity index (χ2n) is 4.02. The molecule has 2 atom stereocenters. The Morgan fingerprint density at radius 1 is 0.615 bits per heavy atom. The molecule has 2 unspecified atom stereocenters. The van der Waals surface area contributed by atoms with Crippen LogP contribution in [-0.2, 0) is 0 Å². The van der Waals surface area contributed by atoms with E-state index < -0.39 is 0 Å². The fraction of sp³-hybridized carbons (Fsp3) is 0. The Hall–Kier alpha value is 6.54. The van der Waals surface area contributed by atoms with Crippen molar-refractivity contribution in [2.45, 2.75) is 9.79 Å². The molecular formula is C14H10Ar6N2P2S2. The zero-order valence-electron chi connectivity index (χ0n) is 12.4. The number of hydrogen-bond donors (Lipinski definition) is 2. The molecule has 0 N–H and O–H groups in total. The van der Waals surface area contributed by atoms with Gasteiger partial charge in [-0.05, 0) is 21.7 Å². The van der Waals surface area contributed by atoms with Gasteiger partial charge >= 0.3 is 0 Å². The summed E-state index contributed by atoms with van der Waals surface area (Å²) in [5, 5.41) is 1.84. The summed E-state index contributed by atoms with van der Waals surface area (Å²) >= 11 is 8.97. The Bertz CT molecular complexity index is 742. The van der Waals surface area contributed by atoms with E-state index in [9.17, 15) is 0 Å². The third kappa shape index (κ3) is 11.3. The van der Waals surface area contributed by atoms with Gasteiger partial charge in [0.25, 0.3) is 0 Å². The van der Waals surface area contributed by atoms with Crippen molar-refractivity contribution in [3.05, 3.63) is 47.1 Å². The molecule has 0 radical (unpaired) electrons. The van der Waals surface area contributed by atoms with Crippen molar-refractivity contribution in [1.82, 2.24) is 0 Å². The van der Waals surface area contributed by atoms with Crippen molar-refractivity contribution >= 4 is 65.7 Å². The van der Waals surface area contributed by atoms with Crippen LogP contribution in [-0.4, -0.2) is 0 Å². The van der Waals surface area contributed by atoms with Crippen molar-refractivity contribution in [1.29, 1.82) is 0 Å². The van der Waals surface area contributed by atoms with Gasteiger partial charge < -0.3 is 0 Å². The van der Waals surface area contributed by atoms with Crippen LogP contribution in [0.25, 0.3) is 20.8 Å². The average Bonchev–Trinajstić information content (AvgIpc) is 2.42. The molecule has 0 aromatic heterocycles. The van der Waals surface area contributed by atoms with Crippen LogP contribution in [0.1, 0.15) is 0 Å². The van der Waals surface area contributed by atoms with Crippen LogP contribution in [0.5, 0.6) is 0 Å². The molecule has 146 valence electrons. The fourth-order valence-corrected chi connectivity index (χ4v) is 3.64. The quantitative estimate of drug-likeness (QED) is 0.291. The third-order valence-electron chi connectivity index (χ3n) is 2.87. The Morgan fingerprint density at radius 2 is 0.885 bits per heavy atom. The minimum absolute atomic E-state index is 0. The normalized spacial score (nSPS) is 7.62. The van der Waals surface area contributed by atoms with Crippen LogP contribution in [0.2, 0.25) is 0 Å². The average molecular weight is 572 g/mol. The maximum Gasteiger partial charge on any atom is 0.200 e. The van der Waals surface area contributed by atoms with Gasteiger partial charge in [0.2, 0.25) is 11.4 Å². The minimum atomic E-state index is 0. The van der Waals surface area contributed by atoms with Crippen molar-refractivity contribution in [3.8, 4) is 11.1 Å². The molecule has 26 heavy (non-hydrogen) atoms. The van der Waals surface area contributed by atoms with Gasteiger partial charge in [-0.15, -0.1) is 18.5 Å². The zero-order chi connectivity index (χ0) is 14.9. The van der Waals surface area contributed by atoms with E-state index in [0.29, 0.717) is 21.2 Å². The molecule has 0 amide bonds. The molecule has 0 aliphatic carbocycles. The van der Waals surface area contributed by atoms with E-state index >= 15 is 0 Å². The van der Waals surface area contributed by atoms with Crippen molar-refractivity contribution in [2.75, 3.05) is 0 Å². The molecule has 2 nitrogen and oxygen atoms in total. The molecule has 0 heterocycles. The van der Waals surface area contributed by atoms with Gasteiger partial charge in [0.1, 0.15) is 0 Å². The van der Waals surface area contributed by atoms with Gasteiger partial charge in [-0.3, -0.25) is 0 Å². The summed E-state index contributed by atoms with van der Waals surface area (Å²) in [6.45, 7) is 14.4. The van der Waals surface area contributed by atoms with Gasteiger partial charge in [0.15, 0.2) is 0 Å². The molecular weight excluding hydrogens is 562 g/mol. The summed E-state index contributed by atoms with van der Waals surface area (Å²) in [5.41, 5.74) is 2.62. The van der Waals surface area contributed by atoms with Gasteiger partial charge in [-0.2, -0.15) is 25.3 Å². The monoisotopic (exact) mass is 572 g/mol. The van der Waals surface area contributed by atoms with Crippen LogP contribution < -0.4 is 10.6 Å². The molecule has 2 aromatic carbocycles. The smallest absolute Gasteiger partial charge is 0.200 e. The van der Waals surface area contributed by atoms with E-state index in [0.717, 1.165) is 21.7 Å². The Labute approximate surface area is 350 Å². The summed E-state index contributed by atoms with van der Waals surface area (Å²) in [6.07, 6.45) is 0. The van der Waals surface area contributed by atoms with Gasteiger partial charge in [0.05, 0.1) is 13.1 Å². The van der Waals surface area contributed by atoms with Crippen molar-refractivity contribution < 1.29 is 226 Å². The maximum atomic E-state index is 7.20. The van der Waals surface area contributed by atoms with Gasteiger partial charge in [0, 0.05) is 236 Å². The SMILES string of the molecule is [Ar].[Ar].[Ar].[Ar].[Ar].[Ar].[C-]#[N+]c1ccc(P)c(-c2c(P)ccc([N+]#[C-])c2S)c1S. The van der Waals surface area contributed by atoms with Crippen molar-refractivity contribution in [2.24, 2.45) is 0 Å². The van der Waals surface area contributed by atoms with Crippen LogP contribution >= 0.6 is 43.7 Å². The maximum absolute atomic E-state index is 7.20. The topological polar surface area (TPSA) is 8.72 Å². The van der Waals surface area contributed by atoms with Crippen LogP contribution in [0.4, 0.5) is 11.4 Å². The van der Waals surface area contributed by atoms with Gasteiger partial charge in [-0.25, -0.2) is 9.69 Å². The molecule has 0 saturated carbocycles. The first-order valence-electron chi connectivity index (χ1n) is 5.49. The first kappa shape index (κ1) is 42.7. The molecule has 2 aromatic rings. The Kier molecular flexibility index (Phi) is 36.2. The predicted octanol–water partition coefficient (Wildman–Crippen LogP) is 4.03. The largest absolute Gasteiger partial charge is 0.237 e. The Balaban J connectivity index is -0.000000245. The van der Waals surface area contributed by atoms with E-state index in [1.807, 2.05) is 12.1 Å². The second-order valence-corrected chi connectivity index (χ2v) is 6.16. The van der Waals surface area contributed by atoms with E-state index in [1.54, 1.807) is 12.1 Å². The molecule has 2 rings (SSSR count). The number of hydrogen-bond acceptors (Lipinski definition) is 2. The van der Waals surface area contributed by atoms with Crippen LogP contribution in [0.3, 0.4) is 0 Å². The van der Waals surface area contributed by atoms with Gasteiger partial charge in [-0.1, -0.05) is 24.3 Å². The molecule has 0 bridgehead atoms. The summed E-state index contributed by atoms with van der Waals surface area (Å²) in [6, 6.07) is 7.19. The zero-order valence-corrected chi connectivity index (χ0v) is 20.7. The standard InChI is InChI=1S/C14H10N2P2S2.6Ar/c1-15-7-3-5-9(17)11(13(7)19)12-10(18)6-4-8(16-2)14(12)20;;;;;;/h3-6,19-20H,17-18H2;;;;;;. The van der Waals surface area contributed by atoms with Crippen LogP contribution in [0, 0.1) is 240 Å². The number of benzene rings is 2. The predicted molar refractivity (Wildman–Crippen MR) is 97.6 cm³/mol. The third-order valence-corrected chi connectivity index (χ3v) is 4.74. The van der Waals surface area contributed by atoms with E-state index in [1.165, 1.54) is 0 Å². The summed E-state index contributed by atoms with van der Waals surface area (Å²) in [4.78, 5) is 8.15. The van der Waals surface area contributed by atoms with Crippen LogP contribution in [0.15, 0.2) is 34.1 Å². The molecule has 0 aliphatic heterocycles. The number of nitrogens with zero attached hydrogens (tertiary/aromatic N) is 2. The number of rotatable bonds is 1. The first-order valence-corrected chi connectivity index (χ1v) is 7.54. The first-order chi connectivity index (χ1) is 9.51. The molecule has 0 spiro atoms. The second kappa shape index (κ2) is 22.0. The summed E-state index contributed by atoms with van der Waals surface area (Å²) < 4.78 is 0. The van der Waals surface area contributed by atoms with E-state index in [-0.39, 0.29) is 226 Å². The molecule has 0 fully saturated rings. The molecule has 0 saturated heterocycles. The fourth-order valence-electron chi connectivity index (χ4n) is 1.90. The Morgan fingerprint density at radius 3 is 1.12 bits per heavy atom.